The number of carbonyl (C=O) groups is 1. The van der Waals surface area contributed by atoms with Gasteiger partial charge in [0, 0.05) is 19.7 Å². The van der Waals surface area contributed by atoms with Crippen LogP contribution in [0.1, 0.15) is 24.0 Å². The maximum atomic E-state index is 12.1. The molecule has 1 aliphatic rings. The Morgan fingerprint density at radius 2 is 2.25 bits per heavy atom. The number of aliphatic hydroxyl groups is 1. The molecule has 1 unspecified atom stereocenters. The van der Waals surface area contributed by atoms with Crippen molar-refractivity contribution >= 4 is 5.91 Å². The Morgan fingerprint density at radius 1 is 1.45 bits per heavy atom. The molecule has 0 aliphatic carbocycles. The van der Waals surface area contributed by atoms with Crippen LogP contribution in [-0.4, -0.2) is 42.2 Å². The number of hydrogen-bond donors (Lipinski definition) is 1. The highest BCUT2D eigenvalue weighted by molar-refractivity contribution is 5.78. The van der Waals surface area contributed by atoms with Gasteiger partial charge in [-0.25, -0.2) is 0 Å². The van der Waals surface area contributed by atoms with Gasteiger partial charge >= 0.3 is 0 Å². The second kappa shape index (κ2) is 6.75. The third-order valence-corrected chi connectivity index (χ3v) is 3.87. The Kier molecular flexibility index (Phi) is 5.01. The number of rotatable bonds is 5. The van der Waals surface area contributed by atoms with Crippen LogP contribution in [0.15, 0.2) is 18.2 Å². The fraction of sp³-hybridized carbons (Fsp3) is 0.562. The first-order valence-electron chi connectivity index (χ1n) is 7.19. The Balaban J connectivity index is 1.85. The van der Waals surface area contributed by atoms with E-state index in [1.54, 1.807) is 0 Å². The number of aryl methyl sites for hydroxylation is 2. The molecule has 1 atom stereocenters. The van der Waals surface area contributed by atoms with Crippen molar-refractivity contribution in [2.45, 2.75) is 26.7 Å². The number of benzene rings is 1. The predicted molar refractivity (Wildman–Crippen MR) is 77.8 cm³/mol. The molecule has 0 bridgehead atoms. The fourth-order valence-electron chi connectivity index (χ4n) is 2.57. The van der Waals surface area contributed by atoms with Gasteiger partial charge in [0.2, 0.25) is 0 Å². The lowest BCUT2D eigenvalue weighted by molar-refractivity contribution is -0.132. The molecule has 1 saturated heterocycles. The molecule has 20 heavy (non-hydrogen) atoms. The molecule has 110 valence electrons. The highest BCUT2D eigenvalue weighted by atomic mass is 16.5. The highest BCUT2D eigenvalue weighted by Gasteiger charge is 2.25. The van der Waals surface area contributed by atoms with E-state index in [-0.39, 0.29) is 19.1 Å². The minimum Gasteiger partial charge on any atom is -0.483 e. The van der Waals surface area contributed by atoms with Crippen molar-refractivity contribution in [3.8, 4) is 5.75 Å². The summed E-state index contributed by atoms with van der Waals surface area (Å²) in [6.07, 6.45) is 1.76. The lowest BCUT2D eigenvalue weighted by Gasteiger charge is -2.17. The van der Waals surface area contributed by atoms with Gasteiger partial charge in [0.15, 0.2) is 6.61 Å². The summed E-state index contributed by atoms with van der Waals surface area (Å²) in [4.78, 5) is 13.9. The van der Waals surface area contributed by atoms with Crippen LogP contribution in [0.3, 0.4) is 0 Å². The van der Waals surface area contributed by atoms with Gasteiger partial charge in [-0.3, -0.25) is 4.79 Å². The van der Waals surface area contributed by atoms with Crippen LogP contribution < -0.4 is 4.74 Å². The summed E-state index contributed by atoms with van der Waals surface area (Å²) in [5.74, 6) is 1.25. The zero-order chi connectivity index (χ0) is 14.5. The van der Waals surface area contributed by atoms with E-state index in [9.17, 15) is 4.79 Å². The third kappa shape index (κ3) is 3.73. The molecule has 1 N–H and O–H groups in total. The molecule has 4 heteroatoms. The Labute approximate surface area is 120 Å². The van der Waals surface area contributed by atoms with E-state index in [0.29, 0.717) is 5.92 Å². The van der Waals surface area contributed by atoms with Gasteiger partial charge in [-0.05, 0) is 49.8 Å². The molecule has 4 nitrogen and oxygen atoms in total. The topological polar surface area (TPSA) is 49.8 Å². The number of aliphatic hydroxyl groups excluding tert-OH is 1. The van der Waals surface area contributed by atoms with Gasteiger partial charge in [-0.2, -0.15) is 0 Å². The van der Waals surface area contributed by atoms with Crippen molar-refractivity contribution in [1.82, 2.24) is 4.90 Å². The average molecular weight is 277 g/mol. The van der Waals surface area contributed by atoms with Crippen LogP contribution in [-0.2, 0) is 4.79 Å². The van der Waals surface area contributed by atoms with E-state index < -0.39 is 0 Å². The van der Waals surface area contributed by atoms with Crippen LogP contribution in [0, 0.1) is 19.8 Å². The van der Waals surface area contributed by atoms with Crippen LogP contribution in [0.25, 0.3) is 0 Å². The SMILES string of the molecule is Cc1ccc(C)c(OCC(=O)N2CCC(CCO)C2)c1. The minimum absolute atomic E-state index is 0.0337. The van der Waals surface area contributed by atoms with Crippen LogP contribution in [0.4, 0.5) is 0 Å². The first-order valence-corrected chi connectivity index (χ1v) is 7.19. The van der Waals surface area contributed by atoms with Crippen molar-refractivity contribution in [3.05, 3.63) is 29.3 Å². The Hall–Kier alpha value is -1.55. The van der Waals surface area contributed by atoms with Gasteiger partial charge in [-0.15, -0.1) is 0 Å². The van der Waals surface area contributed by atoms with E-state index in [4.69, 9.17) is 9.84 Å². The second-order valence-electron chi connectivity index (χ2n) is 5.56. The standard InChI is InChI=1S/C16H23NO3/c1-12-3-4-13(2)15(9-12)20-11-16(19)17-7-5-14(10-17)6-8-18/h3-4,9,14,18H,5-8,10-11H2,1-2H3. The molecule has 1 aliphatic heterocycles. The van der Waals surface area contributed by atoms with Crippen LogP contribution in [0.2, 0.25) is 0 Å². The number of amides is 1. The first kappa shape index (κ1) is 14.9. The summed E-state index contributed by atoms with van der Waals surface area (Å²) >= 11 is 0. The molecule has 0 spiro atoms. The molecule has 0 aromatic heterocycles. The molecule has 1 aromatic rings. The van der Waals surface area contributed by atoms with Crippen LogP contribution >= 0.6 is 0 Å². The van der Waals surface area contributed by atoms with E-state index >= 15 is 0 Å². The van der Waals surface area contributed by atoms with E-state index in [1.165, 1.54) is 0 Å². The van der Waals surface area contributed by atoms with E-state index in [0.717, 1.165) is 42.8 Å². The largest absolute Gasteiger partial charge is 0.483 e. The molecule has 1 aromatic carbocycles. The van der Waals surface area contributed by atoms with Gasteiger partial charge in [0.25, 0.3) is 5.91 Å². The van der Waals surface area contributed by atoms with Crippen molar-refractivity contribution < 1.29 is 14.6 Å². The van der Waals surface area contributed by atoms with Gasteiger partial charge < -0.3 is 14.7 Å². The monoisotopic (exact) mass is 277 g/mol. The van der Waals surface area contributed by atoms with E-state index in [2.05, 4.69) is 0 Å². The normalized spacial score (nSPS) is 18.4. The highest BCUT2D eigenvalue weighted by Crippen LogP contribution is 2.21. The van der Waals surface area contributed by atoms with Gasteiger partial charge in [-0.1, -0.05) is 12.1 Å². The number of carbonyl (C=O) groups excluding carboxylic acids is 1. The summed E-state index contributed by atoms with van der Waals surface area (Å²) in [7, 11) is 0. The van der Waals surface area contributed by atoms with Crippen LogP contribution in [0.5, 0.6) is 5.75 Å². The summed E-state index contributed by atoms with van der Waals surface area (Å²) in [5, 5.41) is 8.93. The Morgan fingerprint density at radius 3 is 3.00 bits per heavy atom. The number of hydrogen-bond acceptors (Lipinski definition) is 3. The van der Waals surface area contributed by atoms with Gasteiger partial charge in [0.1, 0.15) is 5.75 Å². The quantitative estimate of drug-likeness (QED) is 0.894. The molecule has 2 rings (SSSR count). The number of ether oxygens (including phenoxy) is 1. The molecular formula is C16H23NO3. The third-order valence-electron chi connectivity index (χ3n) is 3.87. The summed E-state index contributed by atoms with van der Waals surface area (Å²) in [6, 6.07) is 5.99. The van der Waals surface area contributed by atoms with Gasteiger partial charge in [0.05, 0.1) is 0 Å². The minimum atomic E-state index is 0.0337. The van der Waals surface area contributed by atoms with Crippen molar-refractivity contribution in [2.75, 3.05) is 26.3 Å². The van der Waals surface area contributed by atoms with Crippen molar-refractivity contribution in [1.29, 1.82) is 0 Å². The number of likely N-dealkylation sites (tertiary alicyclic amines) is 1. The molecule has 1 heterocycles. The fourth-order valence-corrected chi connectivity index (χ4v) is 2.57. The average Bonchev–Trinajstić information content (AvgIpc) is 2.88. The lowest BCUT2D eigenvalue weighted by atomic mass is 10.1. The lowest BCUT2D eigenvalue weighted by Crippen LogP contribution is -2.33. The maximum Gasteiger partial charge on any atom is 0.260 e. The van der Waals surface area contributed by atoms with E-state index in [1.807, 2.05) is 36.9 Å². The molecule has 0 radical (unpaired) electrons. The smallest absolute Gasteiger partial charge is 0.260 e. The summed E-state index contributed by atoms with van der Waals surface area (Å²) in [5.41, 5.74) is 2.17. The molecule has 1 amide bonds. The maximum absolute atomic E-state index is 12.1. The zero-order valence-electron chi connectivity index (χ0n) is 12.3. The zero-order valence-corrected chi connectivity index (χ0v) is 12.3. The van der Waals surface area contributed by atoms with Crippen molar-refractivity contribution in [2.24, 2.45) is 5.92 Å². The van der Waals surface area contributed by atoms with Crippen molar-refractivity contribution in [3.63, 3.8) is 0 Å². The predicted octanol–water partition coefficient (Wildman–Crippen LogP) is 1.91. The second-order valence-corrected chi connectivity index (χ2v) is 5.56. The number of nitrogens with zero attached hydrogens (tertiary/aromatic N) is 1. The molecular weight excluding hydrogens is 254 g/mol. The summed E-state index contributed by atoms with van der Waals surface area (Å²) in [6.45, 7) is 5.80. The Bertz CT molecular complexity index is 473. The summed E-state index contributed by atoms with van der Waals surface area (Å²) < 4.78 is 5.65. The first-order chi connectivity index (χ1) is 9.60. The molecule has 1 fully saturated rings. The molecule has 0 saturated carbocycles.